The van der Waals surface area contributed by atoms with Gasteiger partial charge in [-0.3, -0.25) is 10.1 Å². The minimum Gasteiger partial charge on any atom is -0.449 e. The molecular formula is C19H10BrClN2O3S. The summed E-state index contributed by atoms with van der Waals surface area (Å²) in [5.41, 5.74) is 0.884. The van der Waals surface area contributed by atoms with Crippen LogP contribution in [-0.4, -0.2) is 4.92 Å². The highest BCUT2D eigenvalue weighted by atomic mass is 79.9. The van der Waals surface area contributed by atoms with Crippen LogP contribution >= 0.6 is 39.3 Å². The Kier molecular flexibility index (Phi) is 6.01. The number of non-ortho nitro benzene ring substituents is 1. The van der Waals surface area contributed by atoms with Crippen molar-refractivity contribution >= 4 is 56.6 Å². The fourth-order valence-corrected chi connectivity index (χ4v) is 3.66. The summed E-state index contributed by atoms with van der Waals surface area (Å²) >= 11 is 10.8. The summed E-state index contributed by atoms with van der Waals surface area (Å²) in [7, 11) is 0. The average Bonchev–Trinajstić information content (AvgIpc) is 3.01. The molecule has 0 radical (unpaired) electrons. The predicted octanol–water partition coefficient (Wildman–Crippen LogP) is 6.82. The summed E-state index contributed by atoms with van der Waals surface area (Å²) in [6.45, 7) is 0. The fraction of sp³-hybridized carbons (Fsp3) is 0. The van der Waals surface area contributed by atoms with Gasteiger partial charge in [0, 0.05) is 22.1 Å². The molecule has 0 saturated carbocycles. The van der Waals surface area contributed by atoms with E-state index >= 15 is 0 Å². The van der Waals surface area contributed by atoms with E-state index in [0.717, 1.165) is 9.37 Å². The van der Waals surface area contributed by atoms with Crippen molar-refractivity contribution in [3.63, 3.8) is 0 Å². The van der Waals surface area contributed by atoms with Gasteiger partial charge >= 0.3 is 0 Å². The van der Waals surface area contributed by atoms with Crippen LogP contribution in [0.2, 0.25) is 5.02 Å². The van der Waals surface area contributed by atoms with E-state index in [-0.39, 0.29) is 5.69 Å². The largest absolute Gasteiger partial charge is 0.449 e. The highest BCUT2D eigenvalue weighted by Crippen LogP contribution is 2.37. The molecule has 0 aliphatic carbocycles. The molecule has 3 rings (SSSR count). The van der Waals surface area contributed by atoms with E-state index in [4.69, 9.17) is 16.0 Å². The van der Waals surface area contributed by atoms with Gasteiger partial charge in [-0.2, -0.15) is 5.26 Å². The zero-order chi connectivity index (χ0) is 19.4. The Balaban J connectivity index is 1.85. The second-order valence-electron chi connectivity index (χ2n) is 5.31. The standard InChI is InChI=1S/C19H10BrClN2O3S/c20-18-10-16(26-19(18)27-17-7-3-14(21)4-8-17)9-13(11-22)12-1-5-15(6-2-12)23(24)25/h1-10H/b13-9-. The third-order valence-corrected chi connectivity index (χ3v) is 5.59. The third kappa shape index (κ3) is 4.80. The Hall–Kier alpha value is -2.53. The highest BCUT2D eigenvalue weighted by molar-refractivity contribution is 9.10. The minimum atomic E-state index is -0.483. The summed E-state index contributed by atoms with van der Waals surface area (Å²) in [4.78, 5) is 11.2. The van der Waals surface area contributed by atoms with E-state index in [2.05, 4.69) is 22.0 Å². The van der Waals surface area contributed by atoms with Gasteiger partial charge in [-0.1, -0.05) is 23.4 Å². The minimum absolute atomic E-state index is 0.0292. The summed E-state index contributed by atoms with van der Waals surface area (Å²) in [6, 6.07) is 17.0. The van der Waals surface area contributed by atoms with Crippen LogP contribution in [0.15, 0.2) is 73.5 Å². The first-order valence-electron chi connectivity index (χ1n) is 7.55. The molecule has 0 atom stereocenters. The Morgan fingerprint density at radius 3 is 2.48 bits per heavy atom. The molecule has 27 heavy (non-hydrogen) atoms. The van der Waals surface area contributed by atoms with Gasteiger partial charge in [0.25, 0.3) is 5.69 Å². The number of nitrogens with zero attached hydrogens (tertiary/aromatic N) is 2. The molecule has 8 heteroatoms. The molecule has 0 bridgehead atoms. The molecule has 2 aromatic carbocycles. The lowest BCUT2D eigenvalue weighted by Gasteiger charge is -1.99. The molecule has 0 saturated heterocycles. The van der Waals surface area contributed by atoms with Crippen molar-refractivity contribution in [3.8, 4) is 6.07 Å². The maximum atomic E-state index is 10.7. The van der Waals surface area contributed by atoms with Crippen molar-refractivity contribution in [2.75, 3.05) is 0 Å². The van der Waals surface area contributed by atoms with E-state index in [1.165, 1.54) is 36.0 Å². The second-order valence-corrected chi connectivity index (χ2v) is 7.65. The first-order valence-corrected chi connectivity index (χ1v) is 9.54. The molecule has 3 aromatic rings. The van der Waals surface area contributed by atoms with Crippen molar-refractivity contribution in [2.24, 2.45) is 0 Å². The van der Waals surface area contributed by atoms with Gasteiger partial charge < -0.3 is 4.42 Å². The van der Waals surface area contributed by atoms with Crippen molar-refractivity contribution in [2.45, 2.75) is 9.99 Å². The molecule has 1 heterocycles. The Morgan fingerprint density at radius 2 is 1.89 bits per heavy atom. The normalized spacial score (nSPS) is 11.2. The summed E-state index contributed by atoms with van der Waals surface area (Å²) < 4.78 is 6.57. The molecule has 0 fully saturated rings. The maximum Gasteiger partial charge on any atom is 0.269 e. The van der Waals surface area contributed by atoms with Crippen molar-refractivity contribution in [3.05, 3.63) is 85.5 Å². The molecule has 1 aromatic heterocycles. The highest BCUT2D eigenvalue weighted by Gasteiger charge is 2.12. The number of nitro benzene ring substituents is 1. The number of nitro groups is 1. The van der Waals surface area contributed by atoms with Gasteiger partial charge in [0.05, 0.1) is 21.0 Å². The van der Waals surface area contributed by atoms with Crippen molar-refractivity contribution in [1.29, 1.82) is 5.26 Å². The molecule has 0 unspecified atom stereocenters. The molecule has 0 N–H and O–H groups in total. The topological polar surface area (TPSA) is 80.1 Å². The van der Waals surface area contributed by atoms with Crippen molar-refractivity contribution in [1.82, 2.24) is 0 Å². The van der Waals surface area contributed by atoms with Gasteiger partial charge in [-0.05, 0) is 70.0 Å². The van der Waals surface area contributed by atoms with Crippen LogP contribution in [0.4, 0.5) is 5.69 Å². The number of allylic oxidation sites excluding steroid dienone is 1. The molecule has 5 nitrogen and oxygen atoms in total. The number of benzene rings is 2. The molecule has 0 aliphatic rings. The molecule has 0 aliphatic heterocycles. The smallest absolute Gasteiger partial charge is 0.269 e. The van der Waals surface area contributed by atoms with Gasteiger partial charge in [0.1, 0.15) is 5.76 Å². The molecule has 0 spiro atoms. The number of halogens is 2. The van der Waals surface area contributed by atoms with Crippen LogP contribution in [0.1, 0.15) is 11.3 Å². The zero-order valence-electron chi connectivity index (χ0n) is 13.6. The number of nitriles is 1. The van der Waals surface area contributed by atoms with Gasteiger partial charge in [0.2, 0.25) is 0 Å². The zero-order valence-corrected chi connectivity index (χ0v) is 16.7. The Bertz CT molecular complexity index is 1050. The summed E-state index contributed by atoms with van der Waals surface area (Å²) in [6.07, 6.45) is 1.60. The van der Waals surface area contributed by atoms with Crippen LogP contribution < -0.4 is 0 Å². The quantitative estimate of drug-likeness (QED) is 0.236. The van der Waals surface area contributed by atoms with E-state index in [1.54, 1.807) is 24.3 Å². The molecule has 134 valence electrons. The maximum absolute atomic E-state index is 10.7. The van der Waals surface area contributed by atoms with Gasteiger partial charge in [0.15, 0.2) is 5.09 Å². The van der Waals surface area contributed by atoms with Gasteiger partial charge in [-0.25, -0.2) is 0 Å². The SMILES string of the molecule is N#C/C(=C/c1cc(Br)c(Sc2ccc(Cl)cc2)o1)c1ccc([N+](=O)[O-])cc1. The lowest BCUT2D eigenvalue weighted by Crippen LogP contribution is -1.88. The van der Waals surface area contributed by atoms with Crippen molar-refractivity contribution < 1.29 is 9.34 Å². The van der Waals surface area contributed by atoms with Crippen LogP contribution in [0.5, 0.6) is 0 Å². The van der Waals surface area contributed by atoms with E-state index in [1.807, 2.05) is 12.1 Å². The summed E-state index contributed by atoms with van der Waals surface area (Å²) in [5.74, 6) is 0.494. The van der Waals surface area contributed by atoms with Gasteiger partial charge in [-0.15, -0.1) is 0 Å². The van der Waals surface area contributed by atoms with Crippen LogP contribution in [-0.2, 0) is 0 Å². The molecular weight excluding hydrogens is 452 g/mol. The van der Waals surface area contributed by atoms with E-state index in [9.17, 15) is 15.4 Å². The Morgan fingerprint density at radius 1 is 1.22 bits per heavy atom. The number of hydrogen-bond donors (Lipinski definition) is 0. The van der Waals surface area contributed by atoms with Crippen LogP contribution in [0.25, 0.3) is 11.6 Å². The van der Waals surface area contributed by atoms with Crippen LogP contribution in [0, 0.1) is 21.4 Å². The number of hydrogen-bond acceptors (Lipinski definition) is 5. The third-order valence-electron chi connectivity index (χ3n) is 3.49. The summed E-state index contributed by atoms with van der Waals surface area (Å²) in [5, 5.41) is 21.5. The predicted molar refractivity (Wildman–Crippen MR) is 109 cm³/mol. The first kappa shape index (κ1) is 19.2. The average molecular weight is 462 g/mol. The number of furan rings is 1. The number of rotatable bonds is 5. The lowest BCUT2D eigenvalue weighted by atomic mass is 10.1. The second kappa shape index (κ2) is 8.44. The van der Waals surface area contributed by atoms with E-state index < -0.39 is 4.92 Å². The monoisotopic (exact) mass is 460 g/mol. The van der Waals surface area contributed by atoms with E-state index in [0.29, 0.717) is 27.0 Å². The van der Waals surface area contributed by atoms with Crippen LogP contribution in [0.3, 0.4) is 0 Å². The first-order chi connectivity index (χ1) is 13.0. The Labute approximate surface area is 172 Å². The fourth-order valence-electron chi connectivity index (χ4n) is 2.20. The lowest BCUT2D eigenvalue weighted by molar-refractivity contribution is -0.384. The molecule has 0 amide bonds.